The third-order valence-electron chi connectivity index (χ3n) is 2.89. The Morgan fingerprint density at radius 3 is 1.76 bits per heavy atom. The summed E-state index contributed by atoms with van der Waals surface area (Å²) in [6.07, 6.45) is 2.56. The van der Waals surface area contributed by atoms with Crippen molar-refractivity contribution in [1.82, 2.24) is 9.80 Å². The second-order valence-electron chi connectivity index (χ2n) is 4.19. The van der Waals surface area contributed by atoms with Gasteiger partial charge in [0.05, 0.1) is 38.4 Å². The number of morpholine rings is 1. The Morgan fingerprint density at radius 1 is 0.824 bits per heavy atom. The maximum absolute atomic E-state index is 8.29. The Bertz CT molecular complexity index is 269. The SMILES string of the molecule is N#CCN1CCCC1.N#CCN1CCOCC1. The Kier molecular flexibility index (Phi) is 7.33. The molecule has 2 aliphatic rings. The summed E-state index contributed by atoms with van der Waals surface area (Å²) in [5.74, 6) is 0. The monoisotopic (exact) mass is 236 g/mol. The van der Waals surface area contributed by atoms with Gasteiger partial charge in [0.15, 0.2) is 0 Å². The summed E-state index contributed by atoms with van der Waals surface area (Å²) >= 11 is 0. The molecule has 0 unspecified atom stereocenters. The smallest absolute Gasteiger partial charge is 0.0867 e. The highest BCUT2D eigenvalue weighted by atomic mass is 16.5. The number of likely N-dealkylation sites (tertiary alicyclic amines) is 1. The summed E-state index contributed by atoms with van der Waals surface area (Å²) in [6, 6.07) is 4.24. The fourth-order valence-corrected chi connectivity index (χ4v) is 1.90. The lowest BCUT2D eigenvalue weighted by Gasteiger charge is -2.23. The molecule has 5 heteroatoms. The third kappa shape index (κ3) is 6.23. The molecular weight excluding hydrogens is 216 g/mol. The average molecular weight is 236 g/mol. The van der Waals surface area contributed by atoms with E-state index in [2.05, 4.69) is 21.9 Å². The van der Waals surface area contributed by atoms with E-state index in [9.17, 15) is 0 Å². The van der Waals surface area contributed by atoms with Crippen LogP contribution in [0.25, 0.3) is 0 Å². The van der Waals surface area contributed by atoms with Gasteiger partial charge in [-0.25, -0.2) is 0 Å². The van der Waals surface area contributed by atoms with E-state index < -0.39 is 0 Å². The van der Waals surface area contributed by atoms with Crippen LogP contribution in [0.3, 0.4) is 0 Å². The lowest BCUT2D eigenvalue weighted by molar-refractivity contribution is 0.0441. The predicted octanol–water partition coefficient (Wildman–Crippen LogP) is 0.448. The second-order valence-corrected chi connectivity index (χ2v) is 4.19. The first-order valence-electron chi connectivity index (χ1n) is 6.13. The number of nitrogens with zero attached hydrogens (tertiary/aromatic N) is 4. The minimum absolute atomic E-state index is 0.545. The molecule has 0 aromatic carbocycles. The average Bonchev–Trinajstić information content (AvgIpc) is 2.85. The van der Waals surface area contributed by atoms with Crippen LogP contribution in [0.1, 0.15) is 12.8 Å². The molecule has 2 aliphatic heterocycles. The van der Waals surface area contributed by atoms with Gasteiger partial charge in [-0.3, -0.25) is 9.80 Å². The fraction of sp³-hybridized carbons (Fsp3) is 0.833. The number of nitriles is 2. The molecule has 0 aromatic heterocycles. The van der Waals surface area contributed by atoms with E-state index in [-0.39, 0.29) is 0 Å². The van der Waals surface area contributed by atoms with Gasteiger partial charge in [-0.2, -0.15) is 10.5 Å². The van der Waals surface area contributed by atoms with E-state index in [1.165, 1.54) is 12.8 Å². The third-order valence-corrected chi connectivity index (χ3v) is 2.89. The number of hydrogen-bond donors (Lipinski definition) is 0. The first-order chi connectivity index (χ1) is 8.36. The fourth-order valence-electron chi connectivity index (χ4n) is 1.90. The molecule has 0 N–H and O–H groups in total. The minimum atomic E-state index is 0.545. The minimum Gasteiger partial charge on any atom is -0.379 e. The van der Waals surface area contributed by atoms with E-state index in [0.29, 0.717) is 13.1 Å². The zero-order chi connectivity index (χ0) is 12.3. The maximum atomic E-state index is 8.29. The Balaban J connectivity index is 0.000000171. The molecular formula is C12H20N4O. The summed E-state index contributed by atoms with van der Waals surface area (Å²) in [4.78, 5) is 4.27. The Hall–Kier alpha value is -1.14. The van der Waals surface area contributed by atoms with E-state index in [1.54, 1.807) is 0 Å². The first kappa shape index (κ1) is 13.9. The molecule has 5 nitrogen and oxygen atoms in total. The van der Waals surface area contributed by atoms with Crippen LogP contribution in [0, 0.1) is 22.7 Å². The van der Waals surface area contributed by atoms with Crippen LogP contribution >= 0.6 is 0 Å². The second kappa shape index (κ2) is 8.95. The highest BCUT2D eigenvalue weighted by molar-refractivity contribution is 4.79. The van der Waals surface area contributed by atoms with Gasteiger partial charge in [-0.05, 0) is 25.9 Å². The Labute approximate surface area is 103 Å². The van der Waals surface area contributed by atoms with Crippen molar-refractivity contribution in [1.29, 1.82) is 10.5 Å². The number of rotatable bonds is 2. The van der Waals surface area contributed by atoms with Crippen LogP contribution in [0.15, 0.2) is 0 Å². The lowest BCUT2D eigenvalue weighted by atomic mass is 10.4. The van der Waals surface area contributed by atoms with Crippen molar-refractivity contribution >= 4 is 0 Å². The quantitative estimate of drug-likeness (QED) is 0.651. The van der Waals surface area contributed by atoms with Gasteiger partial charge in [0.25, 0.3) is 0 Å². The van der Waals surface area contributed by atoms with Crippen LogP contribution in [-0.2, 0) is 4.74 Å². The van der Waals surface area contributed by atoms with Crippen molar-refractivity contribution in [2.45, 2.75) is 12.8 Å². The summed E-state index contributed by atoms with van der Waals surface area (Å²) in [5.41, 5.74) is 0. The molecule has 94 valence electrons. The highest BCUT2D eigenvalue weighted by Gasteiger charge is 2.09. The van der Waals surface area contributed by atoms with Crippen molar-refractivity contribution in [3.05, 3.63) is 0 Å². The lowest BCUT2D eigenvalue weighted by Crippen LogP contribution is -2.36. The van der Waals surface area contributed by atoms with E-state index in [4.69, 9.17) is 15.3 Å². The molecule has 0 aliphatic carbocycles. The van der Waals surface area contributed by atoms with Gasteiger partial charge in [-0.15, -0.1) is 0 Å². The largest absolute Gasteiger partial charge is 0.379 e. The molecule has 2 rings (SSSR count). The highest BCUT2D eigenvalue weighted by Crippen LogP contribution is 2.04. The molecule has 0 spiro atoms. The molecule has 0 radical (unpaired) electrons. The normalized spacial score (nSPS) is 21.1. The van der Waals surface area contributed by atoms with Crippen molar-refractivity contribution in [3.63, 3.8) is 0 Å². The predicted molar refractivity (Wildman–Crippen MR) is 64.2 cm³/mol. The number of ether oxygens (including phenoxy) is 1. The van der Waals surface area contributed by atoms with Gasteiger partial charge >= 0.3 is 0 Å². The summed E-state index contributed by atoms with van der Waals surface area (Å²) in [7, 11) is 0. The van der Waals surface area contributed by atoms with E-state index in [0.717, 1.165) is 39.4 Å². The van der Waals surface area contributed by atoms with E-state index >= 15 is 0 Å². The molecule has 0 amide bonds. The van der Waals surface area contributed by atoms with Crippen LogP contribution in [0.2, 0.25) is 0 Å². The van der Waals surface area contributed by atoms with Crippen LogP contribution < -0.4 is 0 Å². The van der Waals surface area contributed by atoms with Gasteiger partial charge in [0.1, 0.15) is 0 Å². The van der Waals surface area contributed by atoms with Crippen molar-refractivity contribution in [3.8, 4) is 12.1 Å². The zero-order valence-electron chi connectivity index (χ0n) is 10.3. The van der Waals surface area contributed by atoms with Gasteiger partial charge < -0.3 is 4.74 Å². The topological polar surface area (TPSA) is 63.3 Å². The number of hydrogen-bond acceptors (Lipinski definition) is 5. The molecule has 0 aromatic rings. The Morgan fingerprint density at radius 2 is 1.29 bits per heavy atom. The summed E-state index contributed by atoms with van der Waals surface area (Å²) < 4.78 is 5.09. The van der Waals surface area contributed by atoms with Gasteiger partial charge in [0, 0.05) is 13.1 Å². The van der Waals surface area contributed by atoms with E-state index in [1.807, 2.05) is 0 Å². The summed E-state index contributed by atoms with van der Waals surface area (Å²) in [5, 5.41) is 16.5. The van der Waals surface area contributed by atoms with Crippen LogP contribution in [0.4, 0.5) is 0 Å². The van der Waals surface area contributed by atoms with Crippen molar-refractivity contribution < 1.29 is 4.74 Å². The van der Waals surface area contributed by atoms with Crippen LogP contribution in [0.5, 0.6) is 0 Å². The molecule has 17 heavy (non-hydrogen) atoms. The van der Waals surface area contributed by atoms with Gasteiger partial charge in [-0.1, -0.05) is 0 Å². The molecule has 2 heterocycles. The zero-order valence-corrected chi connectivity index (χ0v) is 10.3. The molecule has 0 saturated carbocycles. The first-order valence-corrected chi connectivity index (χ1v) is 6.13. The van der Waals surface area contributed by atoms with Crippen molar-refractivity contribution in [2.75, 3.05) is 52.5 Å². The van der Waals surface area contributed by atoms with Crippen molar-refractivity contribution in [2.24, 2.45) is 0 Å². The summed E-state index contributed by atoms with van der Waals surface area (Å²) in [6.45, 7) is 6.81. The molecule has 2 fully saturated rings. The van der Waals surface area contributed by atoms with Crippen LogP contribution in [-0.4, -0.2) is 62.3 Å². The molecule has 2 saturated heterocycles. The van der Waals surface area contributed by atoms with Gasteiger partial charge in [0.2, 0.25) is 0 Å². The maximum Gasteiger partial charge on any atom is 0.0867 e. The molecule has 0 bridgehead atoms. The standard InChI is InChI=1S/C6H10N2O.C6H10N2/c7-1-2-8-3-5-9-6-4-8;7-3-6-8-4-1-2-5-8/h2-6H2;1-2,4-6H2. The molecule has 0 atom stereocenters.